The van der Waals surface area contributed by atoms with Gasteiger partial charge in [-0.05, 0) is 71.1 Å². The van der Waals surface area contributed by atoms with Crippen LogP contribution in [0.15, 0.2) is 48.5 Å². The zero-order valence-electron chi connectivity index (χ0n) is 26.2. The van der Waals surface area contributed by atoms with Crippen LogP contribution < -0.4 is 10.5 Å². The summed E-state index contributed by atoms with van der Waals surface area (Å²) in [5, 5.41) is 1.06. The maximum Gasteiger partial charge on any atom is 0.344 e. The van der Waals surface area contributed by atoms with E-state index in [4.69, 9.17) is 24.9 Å². The third-order valence-electron chi connectivity index (χ3n) is 7.22. The number of fused-ring (bicyclic) bond motifs is 3. The Kier molecular flexibility index (Phi) is 11.7. The number of likely N-dealkylation sites (N-methyl/N-ethyl adjacent to an activating group) is 1. The number of nitrogen functional groups attached to an aromatic ring is 1. The van der Waals surface area contributed by atoms with E-state index in [0.29, 0.717) is 24.6 Å². The van der Waals surface area contributed by atoms with Gasteiger partial charge < -0.3 is 29.4 Å². The van der Waals surface area contributed by atoms with Crippen molar-refractivity contribution < 1.29 is 19.0 Å². The summed E-state index contributed by atoms with van der Waals surface area (Å²) in [4.78, 5) is 26.1. The molecule has 0 saturated heterocycles. The van der Waals surface area contributed by atoms with E-state index in [1.807, 2.05) is 50.2 Å². The van der Waals surface area contributed by atoms with E-state index in [0.717, 1.165) is 78.9 Å². The van der Waals surface area contributed by atoms with Crippen LogP contribution in [0.5, 0.6) is 5.75 Å². The zero-order valence-corrected chi connectivity index (χ0v) is 26.2. The quantitative estimate of drug-likeness (QED) is 0.140. The van der Waals surface area contributed by atoms with Crippen LogP contribution >= 0.6 is 0 Å². The van der Waals surface area contributed by atoms with Crippen LogP contribution in [0.3, 0.4) is 0 Å². The van der Waals surface area contributed by atoms with Gasteiger partial charge in [0.1, 0.15) is 17.1 Å². The van der Waals surface area contributed by atoms with Crippen LogP contribution in [0.1, 0.15) is 38.1 Å². The van der Waals surface area contributed by atoms with Crippen molar-refractivity contribution in [1.82, 2.24) is 24.3 Å². The number of ether oxygens (including phenoxy) is 3. The molecule has 0 atom stereocenters. The number of carbonyl (C=O) groups excluding carboxylic acids is 1. The molecule has 4 aromatic rings. The molecule has 2 N–H and O–H groups in total. The molecule has 2 heterocycles. The number of unbranched alkanes of at least 4 members (excludes halogenated alkanes) is 1. The Labute approximate surface area is 254 Å². The average Bonchev–Trinajstić information content (AvgIpc) is 3.34. The van der Waals surface area contributed by atoms with E-state index in [2.05, 4.69) is 45.6 Å². The summed E-state index contributed by atoms with van der Waals surface area (Å²) >= 11 is 0. The minimum absolute atomic E-state index is 0.0989. The second-order valence-corrected chi connectivity index (χ2v) is 11.4. The lowest BCUT2D eigenvalue weighted by molar-refractivity contribution is -0.149. The zero-order chi connectivity index (χ0) is 30.8. The predicted octanol–water partition coefficient (Wildman–Crippen LogP) is 4.53. The van der Waals surface area contributed by atoms with E-state index in [-0.39, 0.29) is 18.7 Å². The SMILES string of the molecule is COCCc1nc2c(N)nc3ccccc3c2n1CCCCN(CCN(C)C)Cc1cccc(OCC(=O)OC(C)C)c1. The lowest BCUT2D eigenvalue weighted by Crippen LogP contribution is -2.32. The fraction of sp³-hybridized carbons (Fsp3) is 0.485. The number of anilines is 1. The van der Waals surface area contributed by atoms with Gasteiger partial charge in [0.2, 0.25) is 0 Å². The summed E-state index contributed by atoms with van der Waals surface area (Å²) < 4.78 is 18.6. The summed E-state index contributed by atoms with van der Waals surface area (Å²) in [6.45, 7) is 8.63. The summed E-state index contributed by atoms with van der Waals surface area (Å²) in [5.41, 5.74) is 10.2. The van der Waals surface area contributed by atoms with Crippen LogP contribution in [0.25, 0.3) is 21.9 Å². The highest BCUT2D eigenvalue weighted by atomic mass is 16.6. The number of hydrogen-bond acceptors (Lipinski definition) is 9. The maximum absolute atomic E-state index is 11.9. The van der Waals surface area contributed by atoms with Crippen molar-refractivity contribution in [3.05, 3.63) is 59.9 Å². The molecule has 0 aliphatic heterocycles. The van der Waals surface area contributed by atoms with Gasteiger partial charge in [0, 0.05) is 45.1 Å². The fourth-order valence-corrected chi connectivity index (χ4v) is 5.18. The Bertz CT molecular complexity index is 1490. The van der Waals surface area contributed by atoms with E-state index in [9.17, 15) is 4.79 Å². The molecule has 0 aliphatic carbocycles. The lowest BCUT2D eigenvalue weighted by atomic mass is 10.1. The van der Waals surface area contributed by atoms with E-state index in [1.165, 1.54) is 0 Å². The van der Waals surface area contributed by atoms with Crippen molar-refractivity contribution in [3.63, 3.8) is 0 Å². The maximum atomic E-state index is 11.9. The van der Waals surface area contributed by atoms with Crippen molar-refractivity contribution >= 4 is 33.7 Å². The first kappa shape index (κ1) is 32.2. The monoisotopic (exact) mass is 590 g/mol. The Morgan fingerprint density at radius 1 is 1.02 bits per heavy atom. The van der Waals surface area contributed by atoms with E-state index < -0.39 is 0 Å². The van der Waals surface area contributed by atoms with Gasteiger partial charge in [-0.15, -0.1) is 0 Å². The number of imidazole rings is 1. The molecule has 43 heavy (non-hydrogen) atoms. The molecule has 0 unspecified atom stereocenters. The van der Waals surface area contributed by atoms with Gasteiger partial charge in [-0.25, -0.2) is 14.8 Å². The number of nitrogens with two attached hydrogens (primary N) is 1. The largest absolute Gasteiger partial charge is 0.482 e. The van der Waals surface area contributed by atoms with Gasteiger partial charge >= 0.3 is 5.97 Å². The third kappa shape index (κ3) is 9.13. The van der Waals surface area contributed by atoms with Crippen LogP contribution in [-0.4, -0.2) is 90.5 Å². The standard InChI is InChI=1S/C33H46N6O4/c1-24(2)43-30(40)23-42-26-12-10-11-25(21-26)22-38(19-18-37(3)4)16-8-9-17-39-29(15-20-41-5)36-31-32(39)27-13-6-7-14-28(27)35-33(31)34/h6-7,10-14,21,24H,8-9,15-20,22-23H2,1-5H3,(H2,34,35). The Balaban J connectivity index is 1.44. The smallest absolute Gasteiger partial charge is 0.344 e. The van der Waals surface area contributed by atoms with Crippen molar-refractivity contribution in [2.75, 3.05) is 59.8 Å². The summed E-state index contributed by atoms with van der Waals surface area (Å²) in [5.74, 6) is 1.74. The van der Waals surface area contributed by atoms with Crippen LogP contribution in [0.2, 0.25) is 0 Å². The Morgan fingerprint density at radius 3 is 2.60 bits per heavy atom. The highest BCUT2D eigenvalue weighted by molar-refractivity contribution is 6.06. The molecule has 232 valence electrons. The summed E-state index contributed by atoms with van der Waals surface area (Å²) in [6.07, 6.45) is 2.56. The lowest BCUT2D eigenvalue weighted by Gasteiger charge is -2.24. The van der Waals surface area contributed by atoms with Gasteiger partial charge in [-0.3, -0.25) is 4.90 Å². The number of benzene rings is 2. The number of esters is 1. The number of rotatable bonds is 17. The van der Waals surface area contributed by atoms with Crippen LogP contribution in [-0.2, 0) is 33.8 Å². The summed E-state index contributed by atoms with van der Waals surface area (Å²) in [6, 6.07) is 16.1. The van der Waals surface area contributed by atoms with Gasteiger partial charge in [-0.1, -0.05) is 30.3 Å². The minimum atomic E-state index is -0.365. The predicted molar refractivity (Wildman–Crippen MR) is 171 cm³/mol. The molecular formula is C33H46N6O4. The molecule has 2 aromatic carbocycles. The average molecular weight is 591 g/mol. The van der Waals surface area contributed by atoms with Crippen LogP contribution in [0.4, 0.5) is 5.82 Å². The third-order valence-corrected chi connectivity index (χ3v) is 7.22. The normalized spacial score (nSPS) is 11.8. The number of nitrogens with zero attached hydrogens (tertiary/aromatic N) is 5. The van der Waals surface area contributed by atoms with Gasteiger partial charge in [-0.2, -0.15) is 0 Å². The number of pyridine rings is 1. The van der Waals surface area contributed by atoms with Gasteiger partial charge in [0.15, 0.2) is 12.4 Å². The molecule has 2 aromatic heterocycles. The number of aromatic nitrogens is 3. The number of methoxy groups -OCH3 is 1. The molecule has 0 bridgehead atoms. The van der Waals surface area contributed by atoms with Crippen molar-refractivity contribution in [1.29, 1.82) is 0 Å². The number of aryl methyl sites for hydroxylation is 1. The molecule has 0 spiro atoms. The Hall–Kier alpha value is -3.73. The van der Waals surface area contributed by atoms with Gasteiger partial charge in [0.05, 0.1) is 23.7 Å². The number of carbonyl (C=O) groups is 1. The second kappa shape index (κ2) is 15.7. The Morgan fingerprint density at radius 2 is 1.84 bits per heavy atom. The highest BCUT2D eigenvalue weighted by Gasteiger charge is 2.17. The molecule has 0 saturated carbocycles. The molecular weight excluding hydrogens is 544 g/mol. The number of hydrogen-bond donors (Lipinski definition) is 1. The minimum Gasteiger partial charge on any atom is -0.482 e. The van der Waals surface area contributed by atoms with E-state index in [1.54, 1.807) is 7.11 Å². The molecule has 0 amide bonds. The van der Waals surface area contributed by atoms with E-state index >= 15 is 0 Å². The summed E-state index contributed by atoms with van der Waals surface area (Å²) in [7, 11) is 5.90. The first-order chi connectivity index (χ1) is 20.7. The van der Waals surface area contributed by atoms with Crippen LogP contribution in [0, 0.1) is 0 Å². The fourth-order valence-electron chi connectivity index (χ4n) is 5.18. The number of para-hydroxylation sites is 1. The topological polar surface area (TPSA) is 108 Å². The highest BCUT2D eigenvalue weighted by Crippen LogP contribution is 2.29. The van der Waals surface area contributed by atoms with Crippen molar-refractivity contribution in [2.24, 2.45) is 0 Å². The van der Waals surface area contributed by atoms with Gasteiger partial charge in [0.25, 0.3) is 0 Å². The molecule has 10 nitrogen and oxygen atoms in total. The second-order valence-electron chi connectivity index (χ2n) is 11.4. The van der Waals surface area contributed by atoms with Crippen molar-refractivity contribution in [2.45, 2.75) is 52.3 Å². The first-order valence-electron chi connectivity index (χ1n) is 15.1. The first-order valence-corrected chi connectivity index (χ1v) is 15.1. The molecule has 4 rings (SSSR count). The molecule has 10 heteroatoms. The molecule has 0 aliphatic rings. The molecule has 0 fully saturated rings. The molecule has 0 radical (unpaired) electrons. The van der Waals surface area contributed by atoms with Crippen molar-refractivity contribution in [3.8, 4) is 5.75 Å².